The number of ether oxygens (including phenoxy) is 2. The van der Waals surface area contributed by atoms with E-state index in [1.165, 1.54) is 26.1 Å². The Morgan fingerprint density at radius 1 is 0.900 bits per heavy atom. The molecule has 0 aliphatic heterocycles. The molecule has 2 aromatic carbocycles. The van der Waals surface area contributed by atoms with Gasteiger partial charge in [-0.1, -0.05) is 0 Å². The maximum atomic E-state index is 5.39. The van der Waals surface area contributed by atoms with E-state index >= 15 is 0 Å². The molecule has 3 rings (SSSR count). The molecule has 0 atom stereocenters. The van der Waals surface area contributed by atoms with E-state index < -0.39 is 0 Å². The highest BCUT2D eigenvalue weighted by Gasteiger charge is 2.09. The van der Waals surface area contributed by atoms with Crippen LogP contribution in [0.25, 0.3) is 20.5 Å². The Labute approximate surface area is 122 Å². The summed E-state index contributed by atoms with van der Waals surface area (Å²) in [6, 6.07) is 14.5. The lowest BCUT2D eigenvalue weighted by atomic mass is 10.1. The van der Waals surface area contributed by atoms with E-state index in [1.54, 1.807) is 25.6 Å². The molecule has 3 aromatic rings. The van der Waals surface area contributed by atoms with Crippen LogP contribution in [0.15, 0.2) is 42.5 Å². The molecule has 1 heterocycles. The molecular weight excluding hydrogens is 268 g/mol. The van der Waals surface area contributed by atoms with Crippen molar-refractivity contribution in [1.82, 2.24) is 0 Å². The topological polar surface area (TPSA) is 18.5 Å². The summed E-state index contributed by atoms with van der Waals surface area (Å²) >= 11 is 1.80. The molecule has 0 saturated carbocycles. The van der Waals surface area contributed by atoms with E-state index in [4.69, 9.17) is 9.47 Å². The Hall–Kier alpha value is -2.00. The van der Waals surface area contributed by atoms with Crippen LogP contribution < -0.4 is 9.47 Å². The minimum absolute atomic E-state index is 0.882. The van der Waals surface area contributed by atoms with E-state index in [0.29, 0.717) is 0 Å². The minimum Gasteiger partial charge on any atom is -0.497 e. The Bertz CT molecular complexity index is 742. The van der Waals surface area contributed by atoms with Gasteiger partial charge in [-0.25, -0.2) is 0 Å². The van der Waals surface area contributed by atoms with Gasteiger partial charge in [-0.05, 0) is 60.3 Å². The van der Waals surface area contributed by atoms with Crippen molar-refractivity contribution in [3.8, 4) is 21.9 Å². The number of rotatable bonds is 3. The van der Waals surface area contributed by atoms with Gasteiger partial charge in [0.15, 0.2) is 0 Å². The molecule has 0 saturated heterocycles. The standard InChI is InChI=1S/C17H16O2S/c1-11-15(19-3)9-6-13-10-16(20-17(11)13)12-4-7-14(18-2)8-5-12/h4-10H,1-3H3. The highest BCUT2D eigenvalue weighted by Crippen LogP contribution is 2.38. The molecular formula is C17H16O2S. The first kappa shape index (κ1) is 13.0. The third-order valence-corrected chi connectivity index (χ3v) is 4.80. The van der Waals surface area contributed by atoms with Gasteiger partial charge in [0.25, 0.3) is 0 Å². The fourth-order valence-electron chi connectivity index (χ4n) is 2.34. The van der Waals surface area contributed by atoms with Crippen molar-refractivity contribution in [3.05, 3.63) is 48.0 Å². The zero-order valence-electron chi connectivity index (χ0n) is 11.8. The zero-order valence-corrected chi connectivity index (χ0v) is 12.6. The van der Waals surface area contributed by atoms with Crippen molar-refractivity contribution in [2.24, 2.45) is 0 Å². The van der Waals surface area contributed by atoms with Crippen LogP contribution in [0.3, 0.4) is 0 Å². The summed E-state index contributed by atoms with van der Waals surface area (Å²) in [6.45, 7) is 2.11. The van der Waals surface area contributed by atoms with Crippen LogP contribution in [-0.2, 0) is 0 Å². The van der Waals surface area contributed by atoms with E-state index in [9.17, 15) is 0 Å². The molecule has 0 amide bonds. The normalized spacial score (nSPS) is 10.8. The molecule has 102 valence electrons. The third-order valence-electron chi connectivity index (χ3n) is 3.48. The van der Waals surface area contributed by atoms with E-state index in [2.05, 4.69) is 31.2 Å². The summed E-state index contributed by atoms with van der Waals surface area (Å²) in [5.74, 6) is 1.83. The fourth-order valence-corrected chi connectivity index (χ4v) is 3.50. The SMILES string of the molecule is COc1ccc(-c2cc3ccc(OC)c(C)c3s2)cc1. The first-order chi connectivity index (χ1) is 9.72. The molecule has 0 aliphatic carbocycles. The Morgan fingerprint density at radius 3 is 2.30 bits per heavy atom. The molecule has 0 radical (unpaired) electrons. The number of methoxy groups -OCH3 is 2. The predicted octanol–water partition coefficient (Wildman–Crippen LogP) is 4.89. The van der Waals surface area contributed by atoms with Gasteiger partial charge in [0, 0.05) is 15.1 Å². The van der Waals surface area contributed by atoms with Gasteiger partial charge in [-0.2, -0.15) is 0 Å². The quantitative estimate of drug-likeness (QED) is 0.681. The average Bonchev–Trinajstić information content (AvgIpc) is 2.93. The van der Waals surface area contributed by atoms with Crippen LogP contribution in [0.2, 0.25) is 0 Å². The lowest BCUT2D eigenvalue weighted by molar-refractivity contribution is 0.412. The summed E-state index contributed by atoms with van der Waals surface area (Å²) in [4.78, 5) is 1.26. The van der Waals surface area contributed by atoms with Crippen LogP contribution in [-0.4, -0.2) is 14.2 Å². The maximum absolute atomic E-state index is 5.39. The van der Waals surface area contributed by atoms with E-state index in [1.807, 2.05) is 18.2 Å². The predicted molar refractivity (Wildman–Crippen MR) is 85.1 cm³/mol. The number of thiophene rings is 1. The van der Waals surface area contributed by atoms with Crippen molar-refractivity contribution in [1.29, 1.82) is 0 Å². The maximum Gasteiger partial charge on any atom is 0.123 e. The van der Waals surface area contributed by atoms with Crippen molar-refractivity contribution >= 4 is 21.4 Å². The molecule has 20 heavy (non-hydrogen) atoms. The first-order valence-electron chi connectivity index (χ1n) is 6.44. The molecule has 0 aliphatic rings. The summed E-state index contributed by atoms with van der Waals surface area (Å²) < 4.78 is 11.9. The highest BCUT2D eigenvalue weighted by molar-refractivity contribution is 7.22. The lowest BCUT2D eigenvalue weighted by Crippen LogP contribution is -1.85. The van der Waals surface area contributed by atoms with Gasteiger partial charge < -0.3 is 9.47 Å². The second-order valence-corrected chi connectivity index (χ2v) is 5.70. The third kappa shape index (κ3) is 2.14. The summed E-state index contributed by atoms with van der Waals surface area (Å²) in [5.41, 5.74) is 2.42. The van der Waals surface area contributed by atoms with Crippen LogP contribution >= 0.6 is 11.3 Å². The fraction of sp³-hybridized carbons (Fsp3) is 0.176. The Kier molecular flexibility index (Phi) is 3.36. The second-order valence-electron chi connectivity index (χ2n) is 4.65. The molecule has 1 aromatic heterocycles. The van der Waals surface area contributed by atoms with Crippen LogP contribution in [0, 0.1) is 6.92 Å². The summed E-state index contributed by atoms with van der Waals surface area (Å²) in [5, 5.41) is 1.26. The second kappa shape index (κ2) is 5.17. The van der Waals surface area contributed by atoms with Gasteiger partial charge in [0.1, 0.15) is 11.5 Å². The number of benzene rings is 2. The van der Waals surface area contributed by atoms with Crippen LogP contribution in [0.1, 0.15) is 5.56 Å². The van der Waals surface area contributed by atoms with E-state index in [-0.39, 0.29) is 0 Å². The molecule has 0 unspecified atom stereocenters. The average molecular weight is 284 g/mol. The summed E-state index contributed by atoms with van der Waals surface area (Å²) in [7, 11) is 3.40. The van der Waals surface area contributed by atoms with Gasteiger partial charge in [-0.3, -0.25) is 0 Å². The molecule has 3 heteroatoms. The van der Waals surface area contributed by atoms with Gasteiger partial charge >= 0.3 is 0 Å². The largest absolute Gasteiger partial charge is 0.497 e. The number of hydrogen-bond acceptors (Lipinski definition) is 3. The smallest absolute Gasteiger partial charge is 0.123 e. The van der Waals surface area contributed by atoms with Gasteiger partial charge in [-0.15, -0.1) is 11.3 Å². The molecule has 0 spiro atoms. The van der Waals surface area contributed by atoms with Crippen LogP contribution in [0.4, 0.5) is 0 Å². The number of aryl methyl sites for hydroxylation is 1. The molecule has 0 bridgehead atoms. The van der Waals surface area contributed by atoms with Gasteiger partial charge in [0.05, 0.1) is 14.2 Å². The van der Waals surface area contributed by atoms with Crippen molar-refractivity contribution in [2.45, 2.75) is 6.92 Å². The minimum atomic E-state index is 0.882. The Morgan fingerprint density at radius 2 is 1.65 bits per heavy atom. The molecule has 2 nitrogen and oxygen atoms in total. The highest BCUT2D eigenvalue weighted by atomic mass is 32.1. The van der Waals surface area contributed by atoms with Gasteiger partial charge in [0.2, 0.25) is 0 Å². The monoisotopic (exact) mass is 284 g/mol. The first-order valence-corrected chi connectivity index (χ1v) is 7.26. The Balaban J connectivity index is 2.10. The molecule has 0 fully saturated rings. The molecule has 0 N–H and O–H groups in total. The van der Waals surface area contributed by atoms with Crippen molar-refractivity contribution < 1.29 is 9.47 Å². The van der Waals surface area contributed by atoms with Crippen LogP contribution in [0.5, 0.6) is 11.5 Å². The van der Waals surface area contributed by atoms with Crippen molar-refractivity contribution in [2.75, 3.05) is 14.2 Å². The van der Waals surface area contributed by atoms with Crippen molar-refractivity contribution in [3.63, 3.8) is 0 Å². The van der Waals surface area contributed by atoms with E-state index in [0.717, 1.165) is 11.5 Å². The lowest BCUT2D eigenvalue weighted by Gasteiger charge is -2.04. The zero-order chi connectivity index (χ0) is 14.1. The number of hydrogen-bond donors (Lipinski definition) is 0. The summed E-state index contributed by atoms with van der Waals surface area (Å²) in [6.07, 6.45) is 0. The number of fused-ring (bicyclic) bond motifs is 1.